The summed E-state index contributed by atoms with van der Waals surface area (Å²) in [6.07, 6.45) is 0.262. The van der Waals surface area contributed by atoms with Gasteiger partial charge >= 0.3 is 0 Å². The van der Waals surface area contributed by atoms with E-state index in [0.29, 0.717) is 0 Å². The Kier molecular flexibility index (Phi) is 3.46. The Morgan fingerprint density at radius 3 is 1.69 bits per heavy atom. The van der Waals surface area contributed by atoms with Crippen molar-refractivity contribution in [2.45, 2.75) is 13.0 Å². The number of benzene rings is 1. The molecular weight excluding hydrogens is 233 g/mol. The van der Waals surface area contributed by atoms with E-state index in [-0.39, 0.29) is 6.29 Å². The van der Waals surface area contributed by atoms with Crippen LogP contribution < -0.4 is 5.32 Å². The van der Waals surface area contributed by atoms with Crippen molar-refractivity contribution in [1.29, 1.82) is 0 Å². The summed E-state index contributed by atoms with van der Waals surface area (Å²) in [6.45, 7) is 1.20. The molecule has 0 fully saturated rings. The van der Waals surface area contributed by atoms with E-state index in [1.807, 2.05) is 5.32 Å². The molecule has 1 atom stereocenters. The summed E-state index contributed by atoms with van der Waals surface area (Å²) in [7, 11) is 0. The lowest BCUT2D eigenvalue weighted by Gasteiger charge is -2.12. The standard InChI is InChI=1S/C9H6F5NO/c1-3(2-16)15-9-7(13)5(11)4(10)6(12)8(9)14/h2-3,15H,1H3/t3-/m0/s1. The molecule has 7 heteroatoms. The van der Waals surface area contributed by atoms with Gasteiger partial charge in [-0.05, 0) is 6.92 Å². The number of halogens is 5. The zero-order valence-corrected chi connectivity index (χ0v) is 7.95. The highest BCUT2D eigenvalue weighted by atomic mass is 19.2. The van der Waals surface area contributed by atoms with Gasteiger partial charge in [-0.25, -0.2) is 22.0 Å². The smallest absolute Gasteiger partial charge is 0.200 e. The maximum atomic E-state index is 13.0. The van der Waals surface area contributed by atoms with Crippen molar-refractivity contribution in [2.24, 2.45) is 0 Å². The van der Waals surface area contributed by atoms with E-state index in [1.54, 1.807) is 0 Å². The van der Waals surface area contributed by atoms with Crippen molar-refractivity contribution < 1.29 is 26.7 Å². The molecule has 0 spiro atoms. The van der Waals surface area contributed by atoms with Crippen LogP contribution in [-0.4, -0.2) is 12.3 Å². The molecule has 1 aromatic carbocycles. The van der Waals surface area contributed by atoms with Gasteiger partial charge in [-0.1, -0.05) is 0 Å². The van der Waals surface area contributed by atoms with Gasteiger partial charge in [0.05, 0.1) is 6.04 Å². The van der Waals surface area contributed by atoms with E-state index < -0.39 is 40.8 Å². The maximum absolute atomic E-state index is 13.0. The maximum Gasteiger partial charge on any atom is 0.200 e. The number of hydrogen-bond donors (Lipinski definition) is 1. The predicted octanol–water partition coefficient (Wildman–Crippen LogP) is 2.38. The molecule has 0 aliphatic carbocycles. The van der Waals surface area contributed by atoms with E-state index in [1.165, 1.54) is 6.92 Å². The zero-order chi connectivity index (χ0) is 12.5. The van der Waals surface area contributed by atoms with Crippen LogP contribution in [0.2, 0.25) is 0 Å². The van der Waals surface area contributed by atoms with Gasteiger partial charge in [0, 0.05) is 0 Å². The minimum absolute atomic E-state index is 0.262. The van der Waals surface area contributed by atoms with Gasteiger partial charge in [0.25, 0.3) is 0 Å². The summed E-state index contributed by atoms with van der Waals surface area (Å²) >= 11 is 0. The Morgan fingerprint density at radius 2 is 1.31 bits per heavy atom. The lowest BCUT2D eigenvalue weighted by Crippen LogP contribution is -2.20. The number of carbonyl (C=O) groups excluding carboxylic acids is 1. The number of anilines is 1. The monoisotopic (exact) mass is 239 g/mol. The molecule has 0 unspecified atom stereocenters. The summed E-state index contributed by atoms with van der Waals surface area (Å²) in [4.78, 5) is 10.2. The predicted molar refractivity (Wildman–Crippen MR) is 45.4 cm³/mol. The number of rotatable bonds is 3. The van der Waals surface area contributed by atoms with Crippen LogP contribution in [-0.2, 0) is 4.79 Å². The minimum atomic E-state index is -2.24. The second kappa shape index (κ2) is 4.46. The number of carbonyl (C=O) groups is 1. The highest BCUT2D eigenvalue weighted by Gasteiger charge is 2.26. The van der Waals surface area contributed by atoms with Crippen LogP contribution in [0.3, 0.4) is 0 Å². The fourth-order valence-electron chi connectivity index (χ4n) is 0.993. The molecule has 1 aromatic rings. The van der Waals surface area contributed by atoms with Crippen LogP contribution in [0.25, 0.3) is 0 Å². The Bertz CT molecular complexity index is 405. The van der Waals surface area contributed by atoms with Crippen LogP contribution in [0.5, 0.6) is 0 Å². The number of hydrogen-bond acceptors (Lipinski definition) is 2. The van der Waals surface area contributed by atoms with Crippen LogP contribution in [0.15, 0.2) is 0 Å². The average Bonchev–Trinajstić information content (AvgIpc) is 2.29. The molecule has 1 N–H and O–H groups in total. The van der Waals surface area contributed by atoms with E-state index in [4.69, 9.17) is 0 Å². The van der Waals surface area contributed by atoms with Gasteiger partial charge in [0.1, 0.15) is 12.0 Å². The SMILES string of the molecule is C[C@@H](C=O)Nc1c(F)c(F)c(F)c(F)c1F. The second-order valence-electron chi connectivity index (χ2n) is 3.01. The second-order valence-corrected chi connectivity index (χ2v) is 3.01. The fraction of sp³-hybridized carbons (Fsp3) is 0.222. The number of nitrogens with one attached hydrogen (secondary N) is 1. The zero-order valence-electron chi connectivity index (χ0n) is 7.95. The highest BCUT2D eigenvalue weighted by molar-refractivity contribution is 5.64. The molecule has 0 aromatic heterocycles. The third-order valence-corrected chi connectivity index (χ3v) is 1.79. The van der Waals surface area contributed by atoms with Crippen LogP contribution >= 0.6 is 0 Å². The Hall–Kier alpha value is -1.66. The van der Waals surface area contributed by atoms with E-state index in [0.717, 1.165) is 0 Å². The molecule has 1 rings (SSSR count). The molecule has 0 saturated heterocycles. The van der Waals surface area contributed by atoms with Gasteiger partial charge in [-0.15, -0.1) is 0 Å². The van der Waals surface area contributed by atoms with Crippen molar-refractivity contribution in [3.05, 3.63) is 29.1 Å². The molecule has 16 heavy (non-hydrogen) atoms. The Morgan fingerprint density at radius 1 is 0.938 bits per heavy atom. The first-order valence-corrected chi connectivity index (χ1v) is 4.13. The van der Waals surface area contributed by atoms with Crippen molar-refractivity contribution >= 4 is 12.0 Å². The largest absolute Gasteiger partial charge is 0.371 e. The summed E-state index contributed by atoms with van der Waals surface area (Å²) in [5, 5.41) is 1.87. The Labute approximate surface area is 87.1 Å². The Balaban J connectivity index is 3.33. The minimum Gasteiger partial charge on any atom is -0.371 e. The van der Waals surface area contributed by atoms with Crippen molar-refractivity contribution in [2.75, 3.05) is 5.32 Å². The number of aldehydes is 1. The van der Waals surface area contributed by atoms with Crippen molar-refractivity contribution in [1.82, 2.24) is 0 Å². The van der Waals surface area contributed by atoms with E-state index in [2.05, 4.69) is 0 Å². The summed E-state index contributed by atoms with van der Waals surface area (Å²) in [6, 6.07) is -1.08. The highest BCUT2D eigenvalue weighted by Crippen LogP contribution is 2.27. The average molecular weight is 239 g/mol. The summed E-state index contributed by atoms with van der Waals surface area (Å²) in [5.41, 5.74) is -1.21. The quantitative estimate of drug-likeness (QED) is 0.380. The van der Waals surface area contributed by atoms with Gasteiger partial charge in [-0.2, -0.15) is 0 Å². The molecule has 0 aliphatic rings. The van der Waals surface area contributed by atoms with E-state index in [9.17, 15) is 26.7 Å². The molecule has 0 bridgehead atoms. The van der Waals surface area contributed by atoms with E-state index >= 15 is 0 Å². The van der Waals surface area contributed by atoms with Gasteiger partial charge in [0.15, 0.2) is 23.3 Å². The lowest BCUT2D eigenvalue weighted by atomic mass is 10.2. The van der Waals surface area contributed by atoms with Gasteiger partial charge in [0.2, 0.25) is 5.82 Å². The van der Waals surface area contributed by atoms with Crippen molar-refractivity contribution in [3.8, 4) is 0 Å². The topological polar surface area (TPSA) is 29.1 Å². The third kappa shape index (κ3) is 1.98. The first-order chi connectivity index (χ1) is 7.40. The first kappa shape index (κ1) is 12.4. The normalized spacial score (nSPS) is 12.4. The van der Waals surface area contributed by atoms with Crippen LogP contribution in [0.4, 0.5) is 27.6 Å². The molecule has 88 valence electrons. The summed E-state index contributed by atoms with van der Waals surface area (Å²) < 4.78 is 63.9. The van der Waals surface area contributed by atoms with Crippen LogP contribution in [0, 0.1) is 29.1 Å². The third-order valence-electron chi connectivity index (χ3n) is 1.79. The molecule has 0 amide bonds. The fourth-order valence-corrected chi connectivity index (χ4v) is 0.993. The van der Waals surface area contributed by atoms with Gasteiger partial charge < -0.3 is 10.1 Å². The molecule has 0 saturated carbocycles. The molecule has 2 nitrogen and oxygen atoms in total. The molecule has 0 aliphatic heterocycles. The van der Waals surface area contributed by atoms with Gasteiger partial charge in [-0.3, -0.25) is 0 Å². The first-order valence-electron chi connectivity index (χ1n) is 4.13. The lowest BCUT2D eigenvalue weighted by molar-refractivity contribution is -0.108. The summed E-state index contributed by atoms with van der Waals surface area (Å²) in [5.74, 6) is -10.3. The van der Waals surface area contributed by atoms with Crippen molar-refractivity contribution in [3.63, 3.8) is 0 Å². The van der Waals surface area contributed by atoms with Crippen LogP contribution in [0.1, 0.15) is 6.92 Å². The molecule has 0 radical (unpaired) electrons. The molecule has 0 heterocycles. The molecular formula is C9H6F5NO.